The van der Waals surface area contributed by atoms with E-state index >= 15 is 0 Å². The Balaban J connectivity index is 3.52. The van der Waals surface area contributed by atoms with Crippen molar-refractivity contribution in [2.24, 2.45) is 0 Å². The van der Waals surface area contributed by atoms with Crippen molar-refractivity contribution in [1.29, 1.82) is 0 Å². The van der Waals surface area contributed by atoms with Crippen molar-refractivity contribution in [3.63, 3.8) is 0 Å². The zero-order chi connectivity index (χ0) is 8.20. The van der Waals surface area contributed by atoms with Crippen molar-refractivity contribution >= 4 is 8.07 Å². The van der Waals surface area contributed by atoms with Gasteiger partial charge in [-0.2, -0.15) is 0 Å². The molecule has 0 fully saturated rings. The Morgan fingerprint density at radius 2 is 1.80 bits per heavy atom. The molecule has 2 heteroatoms. The van der Waals surface area contributed by atoms with Crippen molar-refractivity contribution in [1.82, 2.24) is 0 Å². The third-order valence-electron chi connectivity index (χ3n) is 1.83. The number of rotatable bonds is 4. The van der Waals surface area contributed by atoms with Gasteiger partial charge in [0.15, 0.2) is 0 Å². The number of unbranched alkanes of at least 4 members (excludes halogenated alkanes) is 1. The van der Waals surface area contributed by atoms with E-state index in [2.05, 4.69) is 26.6 Å². The van der Waals surface area contributed by atoms with Gasteiger partial charge in [-0.05, 0) is 6.42 Å². The summed E-state index contributed by atoms with van der Waals surface area (Å²) in [5.74, 6) is 0. The predicted octanol–water partition coefficient (Wildman–Crippen LogP) is 2.41. The zero-order valence-corrected chi connectivity index (χ0v) is 8.65. The highest BCUT2D eigenvalue weighted by molar-refractivity contribution is 6.77. The van der Waals surface area contributed by atoms with Crippen LogP contribution in [0.2, 0.25) is 19.6 Å². The molecule has 62 valence electrons. The minimum atomic E-state index is -1.24. The molecule has 0 amide bonds. The molecule has 0 aromatic rings. The molecule has 1 nitrogen and oxygen atoms in total. The molecule has 0 aliphatic carbocycles. The van der Waals surface area contributed by atoms with E-state index in [9.17, 15) is 5.11 Å². The first-order valence-electron chi connectivity index (χ1n) is 4.16. The van der Waals surface area contributed by atoms with Gasteiger partial charge in [0, 0.05) is 5.73 Å². The molecular formula is C8H20OSi. The van der Waals surface area contributed by atoms with Crippen LogP contribution in [0, 0.1) is 0 Å². The average molecular weight is 160 g/mol. The first-order chi connectivity index (χ1) is 4.48. The Morgan fingerprint density at radius 1 is 1.30 bits per heavy atom. The van der Waals surface area contributed by atoms with E-state index < -0.39 is 8.07 Å². The lowest BCUT2D eigenvalue weighted by Gasteiger charge is -2.23. The molecule has 0 aliphatic heterocycles. The van der Waals surface area contributed by atoms with E-state index in [1.54, 1.807) is 0 Å². The van der Waals surface area contributed by atoms with Crippen LogP contribution in [-0.2, 0) is 0 Å². The van der Waals surface area contributed by atoms with Crippen LogP contribution < -0.4 is 0 Å². The van der Waals surface area contributed by atoms with Crippen LogP contribution in [0.3, 0.4) is 0 Å². The van der Waals surface area contributed by atoms with E-state index in [1.165, 1.54) is 12.8 Å². The summed E-state index contributed by atoms with van der Waals surface area (Å²) in [6.45, 7) is 8.81. The first kappa shape index (κ1) is 10.2. The summed E-state index contributed by atoms with van der Waals surface area (Å²) in [6.07, 6.45) is 3.37. The second-order valence-corrected chi connectivity index (χ2v) is 9.42. The minimum absolute atomic E-state index is 0.00690. The normalized spacial score (nSPS) is 15.3. The zero-order valence-electron chi connectivity index (χ0n) is 7.65. The van der Waals surface area contributed by atoms with Gasteiger partial charge in [0.2, 0.25) is 0 Å². The van der Waals surface area contributed by atoms with Crippen LogP contribution in [0.25, 0.3) is 0 Å². The van der Waals surface area contributed by atoms with Crippen molar-refractivity contribution in [2.45, 2.75) is 51.6 Å². The van der Waals surface area contributed by atoms with Crippen LogP contribution in [0.1, 0.15) is 26.2 Å². The first-order valence-corrected chi connectivity index (χ1v) is 7.74. The van der Waals surface area contributed by atoms with E-state index in [0.29, 0.717) is 0 Å². The molecule has 1 N–H and O–H groups in total. The van der Waals surface area contributed by atoms with Gasteiger partial charge in [-0.25, -0.2) is 0 Å². The van der Waals surface area contributed by atoms with E-state index in [0.717, 1.165) is 6.42 Å². The van der Waals surface area contributed by atoms with Crippen LogP contribution >= 0.6 is 0 Å². The van der Waals surface area contributed by atoms with E-state index in [4.69, 9.17) is 0 Å². The van der Waals surface area contributed by atoms with Gasteiger partial charge in [0.1, 0.15) is 0 Å². The molecule has 0 aliphatic rings. The highest BCUT2D eigenvalue weighted by Gasteiger charge is 2.23. The Labute approximate surface area is 65.5 Å². The van der Waals surface area contributed by atoms with Crippen molar-refractivity contribution in [2.75, 3.05) is 0 Å². The van der Waals surface area contributed by atoms with Gasteiger partial charge < -0.3 is 5.11 Å². The van der Waals surface area contributed by atoms with Gasteiger partial charge in [-0.3, -0.25) is 0 Å². The van der Waals surface area contributed by atoms with E-state index in [1.807, 2.05) is 0 Å². The van der Waals surface area contributed by atoms with Crippen LogP contribution in [0.4, 0.5) is 0 Å². The summed E-state index contributed by atoms with van der Waals surface area (Å²) in [4.78, 5) is 0. The fourth-order valence-corrected chi connectivity index (χ4v) is 1.90. The molecule has 0 heterocycles. The van der Waals surface area contributed by atoms with Gasteiger partial charge in [0.25, 0.3) is 0 Å². The quantitative estimate of drug-likeness (QED) is 0.626. The molecular weight excluding hydrogens is 140 g/mol. The fraction of sp³-hybridized carbons (Fsp3) is 1.00. The largest absolute Gasteiger partial charge is 0.397 e. The van der Waals surface area contributed by atoms with Crippen LogP contribution in [0.15, 0.2) is 0 Å². The van der Waals surface area contributed by atoms with Crippen molar-refractivity contribution in [3.05, 3.63) is 0 Å². The molecule has 1 atom stereocenters. The van der Waals surface area contributed by atoms with Crippen molar-refractivity contribution in [3.8, 4) is 0 Å². The fourth-order valence-electron chi connectivity index (χ4n) is 0.830. The summed E-state index contributed by atoms with van der Waals surface area (Å²) >= 11 is 0. The third kappa shape index (κ3) is 4.07. The Kier molecular flexibility index (Phi) is 4.21. The molecule has 0 spiro atoms. The number of aliphatic hydroxyl groups is 1. The summed E-state index contributed by atoms with van der Waals surface area (Å²) < 4.78 is 0. The Hall–Kier alpha value is 0.177. The standard InChI is InChI=1S/C8H20OSi/c1-5-6-7-8(9)10(2,3)4/h8-9H,5-7H2,1-4H3/t8-/m0/s1. The van der Waals surface area contributed by atoms with Crippen LogP contribution in [-0.4, -0.2) is 18.9 Å². The van der Waals surface area contributed by atoms with Crippen molar-refractivity contribution < 1.29 is 5.11 Å². The highest BCUT2D eigenvalue weighted by Crippen LogP contribution is 2.13. The van der Waals surface area contributed by atoms with Gasteiger partial charge in [-0.15, -0.1) is 0 Å². The maximum Gasteiger partial charge on any atom is 0.0781 e. The molecule has 0 aromatic heterocycles. The summed E-state index contributed by atoms with van der Waals surface area (Å²) in [7, 11) is -1.24. The highest BCUT2D eigenvalue weighted by atomic mass is 28.3. The Morgan fingerprint density at radius 3 is 2.10 bits per heavy atom. The summed E-state index contributed by atoms with van der Waals surface area (Å²) in [6, 6.07) is 0. The molecule has 0 unspecified atom stereocenters. The lowest BCUT2D eigenvalue weighted by Crippen LogP contribution is -2.37. The lowest BCUT2D eigenvalue weighted by molar-refractivity contribution is 0.229. The maximum absolute atomic E-state index is 9.58. The Bertz CT molecular complexity index is 85.7. The minimum Gasteiger partial charge on any atom is -0.397 e. The summed E-state index contributed by atoms with van der Waals surface area (Å²) in [5.41, 5.74) is 0.00690. The van der Waals surface area contributed by atoms with E-state index in [-0.39, 0.29) is 5.73 Å². The molecule has 0 saturated carbocycles. The number of hydrogen-bond acceptors (Lipinski definition) is 1. The predicted molar refractivity (Wildman–Crippen MR) is 48.9 cm³/mol. The van der Waals surface area contributed by atoms with Gasteiger partial charge in [-0.1, -0.05) is 39.4 Å². The maximum atomic E-state index is 9.58. The number of hydrogen-bond donors (Lipinski definition) is 1. The van der Waals surface area contributed by atoms with Gasteiger partial charge in [0.05, 0.1) is 8.07 Å². The molecule has 0 aromatic carbocycles. The third-order valence-corrected chi connectivity index (χ3v) is 4.12. The monoisotopic (exact) mass is 160 g/mol. The number of aliphatic hydroxyl groups excluding tert-OH is 1. The topological polar surface area (TPSA) is 20.2 Å². The lowest BCUT2D eigenvalue weighted by atomic mass is 10.3. The second-order valence-electron chi connectivity index (χ2n) is 4.02. The molecule has 10 heavy (non-hydrogen) atoms. The molecule has 0 radical (unpaired) electrons. The molecule has 0 saturated heterocycles. The molecule has 0 bridgehead atoms. The smallest absolute Gasteiger partial charge is 0.0781 e. The van der Waals surface area contributed by atoms with Gasteiger partial charge >= 0.3 is 0 Å². The average Bonchev–Trinajstić information content (AvgIpc) is 1.80. The SMILES string of the molecule is CCCC[C@@H](O)[Si](C)(C)C. The molecule has 0 rings (SSSR count). The summed E-state index contributed by atoms with van der Waals surface area (Å²) in [5, 5.41) is 9.58. The second kappa shape index (κ2) is 4.14. The van der Waals surface area contributed by atoms with Crippen LogP contribution in [0.5, 0.6) is 0 Å².